The highest BCUT2D eigenvalue weighted by molar-refractivity contribution is 5.44. The zero-order valence-electron chi connectivity index (χ0n) is 12.5. The van der Waals surface area contributed by atoms with Crippen molar-refractivity contribution in [1.82, 2.24) is 29.7 Å². The van der Waals surface area contributed by atoms with Gasteiger partial charge >= 0.3 is 0 Å². The van der Waals surface area contributed by atoms with Crippen LogP contribution in [-0.4, -0.2) is 48.8 Å². The Labute approximate surface area is 128 Å². The zero-order valence-corrected chi connectivity index (χ0v) is 12.5. The number of aryl methyl sites for hydroxylation is 1. The van der Waals surface area contributed by atoms with Gasteiger partial charge in [0.05, 0.1) is 6.20 Å². The van der Waals surface area contributed by atoms with Gasteiger partial charge in [-0.1, -0.05) is 0 Å². The Morgan fingerprint density at radius 2 is 2.36 bits per heavy atom. The summed E-state index contributed by atoms with van der Waals surface area (Å²) in [5, 5.41) is 15.1. The van der Waals surface area contributed by atoms with E-state index < -0.39 is 0 Å². The molecule has 22 heavy (non-hydrogen) atoms. The Kier molecular flexibility index (Phi) is 3.27. The van der Waals surface area contributed by atoms with E-state index in [1.165, 1.54) is 5.56 Å². The van der Waals surface area contributed by atoms with E-state index in [2.05, 4.69) is 37.4 Å². The van der Waals surface area contributed by atoms with E-state index >= 15 is 0 Å². The number of nitrogens with zero attached hydrogens (tertiary/aromatic N) is 5. The van der Waals surface area contributed by atoms with Gasteiger partial charge in [0.25, 0.3) is 0 Å². The van der Waals surface area contributed by atoms with Gasteiger partial charge in [0, 0.05) is 49.3 Å². The molecule has 114 valence electrons. The highest BCUT2D eigenvalue weighted by atomic mass is 15.3. The molecule has 7 heteroatoms. The predicted octanol–water partition coefficient (Wildman–Crippen LogP) is 1.45. The lowest BCUT2D eigenvalue weighted by Gasteiger charge is -2.16. The summed E-state index contributed by atoms with van der Waals surface area (Å²) in [5.41, 5.74) is 3.30. The molecular formula is C15H19N7. The number of H-pyrrole nitrogens is 1. The third kappa shape index (κ3) is 2.55. The minimum atomic E-state index is 0.431. The number of hydrogen-bond donors (Lipinski definition) is 2. The second kappa shape index (κ2) is 5.42. The maximum Gasteiger partial charge on any atom is 0.153 e. The van der Waals surface area contributed by atoms with Crippen LogP contribution >= 0.6 is 0 Å². The van der Waals surface area contributed by atoms with E-state index in [9.17, 15) is 0 Å². The Morgan fingerprint density at radius 3 is 3.23 bits per heavy atom. The highest BCUT2D eigenvalue weighted by Gasteiger charge is 2.23. The highest BCUT2D eigenvalue weighted by Crippen LogP contribution is 2.17. The molecule has 0 aromatic carbocycles. The maximum absolute atomic E-state index is 4.52. The van der Waals surface area contributed by atoms with E-state index in [1.54, 1.807) is 10.7 Å². The number of imidazole rings is 1. The molecule has 0 spiro atoms. The summed E-state index contributed by atoms with van der Waals surface area (Å²) in [4.78, 5) is 6.66. The fourth-order valence-corrected chi connectivity index (χ4v) is 2.97. The molecule has 0 radical (unpaired) electrons. The van der Waals surface area contributed by atoms with Crippen LogP contribution in [-0.2, 0) is 6.54 Å². The lowest BCUT2D eigenvalue weighted by molar-refractivity contribution is 0.328. The second-order valence-electron chi connectivity index (χ2n) is 5.83. The van der Waals surface area contributed by atoms with Gasteiger partial charge in [0.2, 0.25) is 0 Å². The number of hydrogen-bond acceptors (Lipinski definition) is 5. The van der Waals surface area contributed by atoms with Crippen LogP contribution < -0.4 is 5.32 Å². The van der Waals surface area contributed by atoms with Crippen molar-refractivity contribution in [3.8, 4) is 0 Å². The predicted molar refractivity (Wildman–Crippen MR) is 83.6 cm³/mol. The Balaban J connectivity index is 1.39. The van der Waals surface area contributed by atoms with Crippen LogP contribution in [0.15, 0.2) is 30.7 Å². The molecular weight excluding hydrogens is 278 g/mol. The Bertz CT molecular complexity index is 775. The topological polar surface area (TPSA) is 74.1 Å². The van der Waals surface area contributed by atoms with Gasteiger partial charge < -0.3 is 5.32 Å². The van der Waals surface area contributed by atoms with Crippen molar-refractivity contribution in [2.45, 2.75) is 25.9 Å². The van der Waals surface area contributed by atoms with Crippen LogP contribution in [0.5, 0.6) is 0 Å². The van der Waals surface area contributed by atoms with Gasteiger partial charge in [-0.3, -0.25) is 10.00 Å². The SMILES string of the molecule is Cc1[nH]ncc1CN1CCC(Nc2ccc3nccn3n2)C1. The molecule has 3 aromatic heterocycles. The van der Waals surface area contributed by atoms with Crippen LogP contribution in [0.4, 0.5) is 5.82 Å². The summed E-state index contributed by atoms with van der Waals surface area (Å²) in [5.74, 6) is 0.900. The molecule has 1 fully saturated rings. The molecule has 1 saturated heterocycles. The molecule has 4 heterocycles. The Morgan fingerprint density at radius 1 is 1.41 bits per heavy atom. The fourth-order valence-electron chi connectivity index (χ4n) is 2.97. The lowest BCUT2D eigenvalue weighted by atomic mass is 10.2. The molecule has 1 aliphatic rings. The standard InChI is InChI=1S/C15H19N7/c1-11-12(8-17-19-11)9-21-6-4-13(10-21)18-14-2-3-15-16-5-7-22(15)20-14/h2-3,5,7-8,13H,4,6,9-10H2,1H3,(H,17,19)(H,18,20). The minimum absolute atomic E-state index is 0.431. The summed E-state index contributed by atoms with van der Waals surface area (Å²) >= 11 is 0. The van der Waals surface area contributed by atoms with Crippen molar-refractivity contribution in [2.75, 3.05) is 18.4 Å². The monoisotopic (exact) mass is 297 g/mol. The number of rotatable bonds is 4. The van der Waals surface area contributed by atoms with Crippen LogP contribution in [0.1, 0.15) is 17.7 Å². The minimum Gasteiger partial charge on any atom is -0.365 e. The van der Waals surface area contributed by atoms with Crippen LogP contribution in [0, 0.1) is 6.92 Å². The lowest BCUT2D eigenvalue weighted by Crippen LogP contribution is -2.26. The van der Waals surface area contributed by atoms with E-state index in [0.29, 0.717) is 6.04 Å². The maximum atomic E-state index is 4.52. The summed E-state index contributed by atoms with van der Waals surface area (Å²) in [7, 11) is 0. The van der Waals surface area contributed by atoms with Crippen molar-refractivity contribution in [2.24, 2.45) is 0 Å². The third-order valence-electron chi connectivity index (χ3n) is 4.21. The second-order valence-corrected chi connectivity index (χ2v) is 5.83. The van der Waals surface area contributed by atoms with Crippen molar-refractivity contribution in [1.29, 1.82) is 0 Å². The summed E-state index contributed by atoms with van der Waals surface area (Å²) in [6.45, 7) is 5.14. The van der Waals surface area contributed by atoms with E-state index in [-0.39, 0.29) is 0 Å². The van der Waals surface area contributed by atoms with E-state index in [4.69, 9.17) is 0 Å². The van der Waals surface area contributed by atoms with Crippen LogP contribution in [0.25, 0.3) is 5.65 Å². The first-order chi connectivity index (χ1) is 10.8. The number of fused-ring (bicyclic) bond motifs is 1. The average Bonchev–Trinajstić information content (AvgIpc) is 3.22. The van der Waals surface area contributed by atoms with E-state index in [0.717, 1.165) is 43.2 Å². The molecule has 0 saturated carbocycles. The quantitative estimate of drug-likeness (QED) is 0.762. The first kappa shape index (κ1) is 13.3. The van der Waals surface area contributed by atoms with Crippen molar-refractivity contribution < 1.29 is 0 Å². The van der Waals surface area contributed by atoms with Gasteiger partial charge in [0.15, 0.2) is 5.65 Å². The Hall–Kier alpha value is -2.41. The fraction of sp³-hybridized carbons (Fsp3) is 0.400. The first-order valence-electron chi connectivity index (χ1n) is 7.56. The van der Waals surface area contributed by atoms with E-state index in [1.807, 2.05) is 24.5 Å². The van der Waals surface area contributed by atoms with Crippen molar-refractivity contribution in [3.63, 3.8) is 0 Å². The van der Waals surface area contributed by atoms with Gasteiger partial charge in [-0.05, 0) is 25.5 Å². The molecule has 1 aliphatic heterocycles. The number of aromatic amines is 1. The summed E-state index contributed by atoms with van der Waals surface area (Å²) in [6.07, 6.45) is 6.67. The van der Waals surface area contributed by atoms with Gasteiger partial charge in [-0.15, -0.1) is 5.10 Å². The number of anilines is 1. The number of nitrogens with one attached hydrogen (secondary N) is 2. The smallest absolute Gasteiger partial charge is 0.153 e. The first-order valence-corrected chi connectivity index (χ1v) is 7.56. The molecule has 2 N–H and O–H groups in total. The largest absolute Gasteiger partial charge is 0.365 e. The van der Waals surface area contributed by atoms with Gasteiger partial charge in [0.1, 0.15) is 5.82 Å². The van der Waals surface area contributed by atoms with Crippen molar-refractivity contribution >= 4 is 11.5 Å². The molecule has 0 aliphatic carbocycles. The molecule has 3 aromatic rings. The molecule has 7 nitrogen and oxygen atoms in total. The van der Waals surface area contributed by atoms with Crippen LogP contribution in [0.2, 0.25) is 0 Å². The summed E-state index contributed by atoms with van der Waals surface area (Å²) < 4.78 is 1.80. The third-order valence-corrected chi connectivity index (χ3v) is 4.21. The van der Waals surface area contributed by atoms with Crippen molar-refractivity contribution in [3.05, 3.63) is 42.0 Å². The zero-order chi connectivity index (χ0) is 14.9. The van der Waals surface area contributed by atoms with Gasteiger partial charge in [-0.25, -0.2) is 9.50 Å². The molecule has 0 bridgehead atoms. The number of aromatic nitrogens is 5. The summed E-state index contributed by atoms with van der Waals surface area (Å²) in [6, 6.07) is 4.41. The van der Waals surface area contributed by atoms with Crippen LogP contribution in [0.3, 0.4) is 0 Å². The molecule has 1 atom stereocenters. The average molecular weight is 297 g/mol. The molecule has 0 amide bonds. The molecule has 4 rings (SSSR count). The van der Waals surface area contributed by atoms with Gasteiger partial charge in [-0.2, -0.15) is 5.10 Å². The molecule has 1 unspecified atom stereocenters. The number of likely N-dealkylation sites (tertiary alicyclic amines) is 1. The normalized spacial score (nSPS) is 19.0.